The van der Waals surface area contributed by atoms with Crippen molar-refractivity contribution in [3.05, 3.63) is 84.5 Å². The van der Waals surface area contributed by atoms with Crippen molar-refractivity contribution >= 4 is 35.1 Å². The van der Waals surface area contributed by atoms with Gasteiger partial charge < -0.3 is 34.6 Å². The number of amides is 3. The number of carbonyl (C=O) groups excluding carboxylic acids is 4. The highest BCUT2D eigenvalue weighted by Gasteiger charge is 2.72. The number of benzene rings is 2. The molecule has 2 N–H and O–H groups in total. The number of rotatable bonds is 9. The minimum absolute atomic E-state index is 0.104. The van der Waals surface area contributed by atoms with Gasteiger partial charge in [0.25, 0.3) is 5.91 Å². The number of aliphatic hydroxyl groups excluding tert-OH is 1. The molecule has 2 aromatic carbocycles. The van der Waals surface area contributed by atoms with Gasteiger partial charge in [-0.3, -0.25) is 19.2 Å². The van der Waals surface area contributed by atoms with E-state index in [1.807, 2.05) is 74.5 Å². The Balaban J connectivity index is 1.44. The molecule has 11 heteroatoms. The van der Waals surface area contributed by atoms with Crippen molar-refractivity contribution in [3.8, 4) is 0 Å². The summed E-state index contributed by atoms with van der Waals surface area (Å²) in [5.74, 6) is -3.70. The second-order valence-corrected chi connectivity index (χ2v) is 14.7. The Kier molecular flexibility index (Phi) is 11.2. The van der Waals surface area contributed by atoms with Crippen molar-refractivity contribution in [1.29, 1.82) is 0 Å². The number of fused-ring (bicyclic) bond motifs is 2. The lowest BCUT2D eigenvalue weighted by Gasteiger charge is -2.39. The summed E-state index contributed by atoms with van der Waals surface area (Å²) in [6.07, 6.45) is 6.47. The first-order chi connectivity index (χ1) is 25.0. The van der Waals surface area contributed by atoms with Crippen LogP contribution in [0.15, 0.2) is 78.9 Å². The number of carbonyl (C=O) groups is 4. The number of allylic oxidation sites excluding steroid dienone is 1. The molecule has 2 fully saturated rings. The van der Waals surface area contributed by atoms with E-state index in [0.29, 0.717) is 24.1 Å². The lowest BCUT2D eigenvalue weighted by Crippen LogP contribution is -2.58. The zero-order chi connectivity index (χ0) is 37.2. The van der Waals surface area contributed by atoms with Crippen molar-refractivity contribution in [2.45, 2.75) is 89.8 Å². The van der Waals surface area contributed by atoms with Crippen LogP contribution in [0.4, 0.5) is 11.4 Å². The lowest BCUT2D eigenvalue weighted by molar-refractivity contribution is -0.162. The molecule has 0 saturated carbocycles. The first-order valence-electron chi connectivity index (χ1n) is 18.7. The Morgan fingerprint density at radius 1 is 0.981 bits per heavy atom. The van der Waals surface area contributed by atoms with Gasteiger partial charge in [0.1, 0.15) is 23.7 Å². The van der Waals surface area contributed by atoms with E-state index in [-0.39, 0.29) is 37.3 Å². The molecule has 1 spiro atoms. The van der Waals surface area contributed by atoms with Crippen LogP contribution >= 0.6 is 0 Å². The van der Waals surface area contributed by atoms with Gasteiger partial charge in [-0.05, 0) is 69.4 Å². The Bertz CT molecular complexity index is 1670. The fourth-order valence-corrected chi connectivity index (χ4v) is 8.52. The standard InChI is InChI=1S/C41H52N4O7/c1-6-43(7-2)29-18-20-30(21-19-29)44-23-13-22-41-35(38(48)45(37(41)39(44)49)31(25-46)24-26(3)4)34-32(52-41)16-11-12-17-33(47)42-27(5)36(51-40(34)50)28-14-9-8-10-15-28/h8-11,13-16,18-22,26-27,31-32,34-37,46H,6-7,12,17,23-25H2,1-5H3,(H,42,47)/b16-11-/t27-,31-,32-,34+,35+,36+,37-,41+/m1/s1. The van der Waals surface area contributed by atoms with E-state index < -0.39 is 59.6 Å². The molecule has 0 aliphatic carbocycles. The summed E-state index contributed by atoms with van der Waals surface area (Å²) in [4.78, 5) is 62.9. The number of ether oxygens (including phenoxy) is 2. The zero-order valence-corrected chi connectivity index (χ0v) is 30.8. The number of hydrogen-bond donors (Lipinski definition) is 2. The van der Waals surface area contributed by atoms with E-state index >= 15 is 4.79 Å². The van der Waals surface area contributed by atoms with Crippen LogP contribution in [0.2, 0.25) is 0 Å². The molecule has 4 heterocycles. The molecular weight excluding hydrogens is 660 g/mol. The monoisotopic (exact) mass is 712 g/mol. The van der Waals surface area contributed by atoms with Gasteiger partial charge in [0.2, 0.25) is 11.8 Å². The fourth-order valence-electron chi connectivity index (χ4n) is 8.52. The Morgan fingerprint density at radius 3 is 2.35 bits per heavy atom. The number of cyclic esters (lactones) is 1. The number of nitrogens with zero attached hydrogens (tertiary/aromatic N) is 3. The summed E-state index contributed by atoms with van der Waals surface area (Å²) in [7, 11) is 0. The summed E-state index contributed by atoms with van der Waals surface area (Å²) in [6.45, 7) is 11.5. The number of esters is 1. The van der Waals surface area contributed by atoms with Crippen molar-refractivity contribution in [1.82, 2.24) is 10.2 Å². The van der Waals surface area contributed by atoms with Crippen molar-refractivity contribution in [2.75, 3.05) is 36.0 Å². The van der Waals surface area contributed by atoms with Crippen LogP contribution in [0.5, 0.6) is 0 Å². The highest BCUT2D eigenvalue weighted by atomic mass is 16.6. The van der Waals surface area contributed by atoms with E-state index in [1.54, 1.807) is 30.1 Å². The molecule has 52 heavy (non-hydrogen) atoms. The molecule has 0 aromatic heterocycles. The largest absolute Gasteiger partial charge is 0.455 e. The number of hydrogen-bond acceptors (Lipinski definition) is 8. The van der Waals surface area contributed by atoms with Crippen molar-refractivity contribution < 1.29 is 33.8 Å². The van der Waals surface area contributed by atoms with E-state index in [4.69, 9.17) is 9.47 Å². The van der Waals surface area contributed by atoms with Gasteiger partial charge in [-0.2, -0.15) is 0 Å². The first-order valence-corrected chi connectivity index (χ1v) is 18.7. The van der Waals surface area contributed by atoms with Crippen LogP contribution in [0.3, 0.4) is 0 Å². The molecule has 3 amide bonds. The molecule has 0 bridgehead atoms. The zero-order valence-electron chi connectivity index (χ0n) is 30.8. The van der Waals surface area contributed by atoms with Crippen LogP contribution in [0.25, 0.3) is 0 Å². The normalized spacial score (nSPS) is 30.4. The molecule has 4 aliphatic rings. The maximum Gasteiger partial charge on any atom is 0.313 e. The minimum Gasteiger partial charge on any atom is -0.455 e. The van der Waals surface area contributed by atoms with Crippen LogP contribution in [-0.2, 0) is 28.7 Å². The maximum absolute atomic E-state index is 15.0. The van der Waals surface area contributed by atoms with Gasteiger partial charge in [-0.15, -0.1) is 0 Å². The second-order valence-electron chi connectivity index (χ2n) is 14.7. The predicted molar refractivity (Wildman–Crippen MR) is 198 cm³/mol. The molecule has 11 nitrogen and oxygen atoms in total. The molecular formula is C41H52N4O7. The molecule has 0 radical (unpaired) electrons. The second kappa shape index (κ2) is 15.6. The van der Waals surface area contributed by atoms with Crippen molar-refractivity contribution in [3.63, 3.8) is 0 Å². The van der Waals surface area contributed by atoms with Crippen LogP contribution in [0, 0.1) is 17.8 Å². The summed E-state index contributed by atoms with van der Waals surface area (Å²) < 4.78 is 13.2. The van der Waals surface area contributed by atoms with Gasteiger partial charge in [0.15, 0.2) is 0 Å². The highest BCUT2D eigenvalue weighted by molar-refractivity contribution is 6.05. The van der Waals surface area contributed by atoms with Gasteiger partial charge >= 0.3 is 5.97 Å². The third kappa shape index (κ3) is 6.88. The predicted octanol–water partition coefficient (Wildman–Crippen LogP) is 4.56. The molecule has 2 aromatic rings. The Labute approximate surface area is 306 Å². The van der Waals surface area contributed by atoms with Gasteiger partial charge in [0, 0.05) is 37.4 Å². The van der Waals surface area contributed by atoms with Crippen LogP contribution < -0.4 is 15.1 Å². The molecule has 2 saturated heterocycles. The summed E-state index contributed by atoms with van der Waals surface area (Å²) in [5, 5.41) is 13.7. The van der Waals surface area contributed by atoms with Crippen LogP contribution in [-0.4, -0.2) is 89.8 Å². The van der Waals surface area contributed by atoms with Crippen LogP contribution in [0.1, 0.15) is 65.5 Å². The third-order valence-corrected chi connectivity index (χ3v) is 10.9. The number of aliphatic hydroxyl groups is 1. The molecule has 6 rings (SSSR count). The minimum atomic E-state index is -1.52. The summed E-state index contributed by atoms with van der Waals surface area (Å²) in [5.41, 5.74) is 0.888. The average Bonchev–Trinajstić information content (AvgIpc) is 3.53. The first kappa shape index (κ1) is 37.3. The maximum atomic E-state index is 15.0. The smallest absolute Gasteiger partial charge is 0.313 e. The lowest BCUT2D eigenvalue weighted by atomic mass is 9.77. The van der Waals surface area contributed by atoms with Gasteiger partial charge in [0.05, 0.1) is 30.7 Å². The molecule has 4 aliphatic heterocycles. The third-order valence-electron chi connectivity index (χ3n) is 10.9. The Morgan fingerprint density at radius 2 is 1.69 bits per heavy atom. The SMILES string of the molecule is CCN(CC)c1ccc(N2CC=C[C@]34O[C@@H]5/C=C\CCC(=O)N[C@H](C)[C@@H](c6ccccc6)OC(=O)[C@@H]5[C@H]3C(=O)N([C@@H](CO)CC(C)C)[C@@H]4C2=O)cc1. The van der Waals surface area contributed by atoms with Gasteiger partial charge in [-0.1, -0.05) is 68.5 Å². The van der Waals surface area contributed by atoms with Crippen molar-refractivity contribution in [2.24, 2.45) is 17.8 Å². The number of likely N-dealkylation sites (tertiary alicyclic amines) is 1. The van der Waals surface area contributed by atoms with E-state index in [1.165, 1.54) is 4.90 Å². The molecule has 278 valence electrons. The molecule has 8 atom stereocenters. The number of anilines is 2. The quantitative estimate of drug-likeness (QED) is 0.286. The topological polar surface area (TPSA) is 129 Å². The summed E-state index contributed by atoms with van der Waals surface area (Å²) in [6, 6.07) is 14.6. The Hall–Kier alpha value is -4.48. The highest BCUT2D eigenvalue weighted by Crippen LogP contribution is 2.54. The molecule has 0 unspecified atom stereocenters. The average molecular weight is 713 g/mol. The number of nitrogens with one attached hydrogen (secondary N) is 1. The van der Waals surface area contributed by atoms with E-state index in [0.717, 1.165) is 18.8 Å². The van der Waals surface area contributed by atoms with E-state index in [2.05, 4.69) is 24.1 Å². The fraction of sp³-hybridized carbons (Fsp3) is 0.512. The van der Waals surface area contributed by atoms with Gasteiger partial charge in [-0.25, -0.2) is 0 Å². The van der Waals surface area contributed by atoms with E-state index in [9.17, 15) is 19.5 Å². The summed E-state index contributed by atoms with van der Waals surface area (Å²) >= 11 is 0.